The summed E-state index contributed by atoms with van der Waals surface area (Å²) in [7, 11) is 0. The molecule has 2 aromatic carbocycles. The quantitative estimate of drug-likeness (QED) is 0.887. The lowest BCUT2D eigenvalue weighted by atomic mass is 10.1. The van der Waals surface area contributed by atoms with E-state index in [4.69, 9.17) is 4.74 Å². The number of halogens is 2. The maximum absolute atomic E-state index is 12.8. The Morgan fingerprint density at radius 2 is 1.67 bits per heavy atom. The van der Waals surface area contributed by atoms with E-state index in [1.807, 2.05) is 12.1 Å². The Labute approximate surface area is 131 Å². The van der Waals surface area contributed by atoms with E-state index >= 15 is 0 Å². The van der Waals surface area contributed by atoms with Crippen LogP contribution in [0.25, 0.3) is 0 Å². The zero-order chi connectivity index (χ0) is 15.5. The largest absolute Gasteiger partial charge is 0.478 e. The summed E-state index contributed by atoms with van der Waals surface area (Å²) in [6, 6.07) is 12.8. The summed E-state index contributed by atoms with van der Waals surface area (Å²) in [5.74, 6) is -0.0622. The molecule has 0 unspecified atom stereocenters. The Morgan fingerprint density at radius 3 is 2.24 bits per heavy atom. The van der Waals surface area contributed by atoms with Gasteiger partial charge in [0, 0.05) is 10.2 Å². The van der Waals surface area contributed by atoms with Crippen LogP contribution in [0.1, 0.15) is 13.8 Å². The molecule has 0 saturated carbocycles. The maximum Gasteiger partial charge on any atom is 0.267 e. The number of carbonyl (C=O) groups excluding carboxylic acids is 1. The van der Waals surface area contributed by atoms with Gasteiger partial charge in [-0.05, 0) is 62.4 Å². The molecule has 5 heteroatoms. The topological polar surface area (TPSA) is 38.3 Å². The Morgan fingerprint density at radius 1 is 1.10 bits per heavy atom. The van der Waals surface area contributed by atoms with Crippen LogP contribution in [0.5, 0.6) is 5.75 Å². The van der Waals surface area contributed by atoms with Crippen molar-refractivity contribution in [3.8, 4) is 5.75 Å². The Bertz CT molecular complexity index is 624. The van der Waals surface area contributed by atoms with E-state index in [-0.39, 0.29) is 11.7 Å². The average Bonchev–Trinajstić information content (AvgIpc) is 2.43. The molecule has 2 aromatic rings. The number of anilines is 1. The van der Waals surface area contributed by atoms with Gasteiger partial charge in [-0.2, -0.15) is 0 Å². The zero-order valence-electron chi connectivity index (χ0n) is 11.7. The summed E-state index contributed by atoms with van der Waals surface area (Å²) in [6.45, 7) is 3.35. The van der Waals surface area contributed by atoms with Crippen LogP contribution in [-0.2, 0) is 4.79 Å². The van der Waals surface area contributed by atoms with Gasteiger partial charge < -0.3 is 10.1 Å². The normalized spacial score (nSPS) is 11.0. The van der Waals surface area contributed by atoms with Crippen molar-refractivity contribution in [1.82, 2.24) is 0 Å². The highest BCUT2D eigenvalue weighted by molar-refractivity contribution is 9.10. The van der Waals surface area contributed by atoms with Gasteiger partial charge in [-0.15, -0.1) is 0 Å². The predicted molar refractivity (Wildman–Crippen MR) is 83.9 cm³/mol. The zero-order valence-corrected chi connectivity index (χ0v) is 13.3. The molecule has 0 heterocycles. The van der Waals surface area contributed by atoms with Crippen LogP contribution in [-0.4, -0.2) is 11.5 Å². The van der Waals surface area contributed by atoms with Gasteiger partial charge >= 0.3 is 0 Å². The van der Waals surface area contributed by atoms with Crippen molar-refractivity contribution in [2.45, 2.75) is 19.4 Å². The van der Waals surface area contributed by atoms with Gasteiger partial charge in [0.1, 0.15) is 11.6 Å². The first kappa shape index (κ1) is 15.5. The van der Waals surface area contributed by atoms with Crippen molar-refractivity contribution >= 4 is 27.5 Å². The molecule has 0 aliphatic carbocycles. The molecule has 0 fully saturated rings. The summed E-state index contributed by atoms with van der Waals surface area (Å²) in [4.78, 5) is 12.3. The minimum absolute atomic E-state index is 0.308. The molecule has 1 amide bonds. The van der Waals surface area contributed by atoms with Gasteiger partial charge in [-0.25, -0.2) is 4.39 Å². The smallest absolute Gasteiger partial charge is 0.267 e. The Hall–Kier alpha value is -1.88. The second-order valence-electron chi connectivity index (χ2n) is 5.03. The lowest BCUT2D eigenvalue weighted by Gasteiger charge is -2.25. The van der Waals surface area contributed by atoms with Crippen LogP contribution in [0.2, 0.25) is 0 Å². The molecule has 0 atom stereocenters. The number of amides is 1. The standard InChI is InChI=1S/C16H15BrFNO2/c1-16(2,21-14-9-3-11(17)4-10-14)15(20)19-13-7-5-12(18)6-8-13/h3-10H,1-2H3,(H,19,20). The summed E-state index contributed by atoms with van der Waals surface area (Å²) >= 11 is 3.34. The molecule has 3 nitrogen and oxygen atoms in total. The molecule has 0 bridgehead atoms. The molecule has 110 valence electrons. The summed E-state index contributed by atoms with van der Waals surface area (Å²) in [5.41, 5.74) is -0.531. The average molecular weight is 352 g/mol. The highest BCUT2D eigenvalue weighted by Gasteiger charge is 2.30. The number of carbonyl (C=O) groups is 1. The van der Waals surface area contributed by atoms with Crippen LogP contribution in [0.3, 0.4) is 0 Å². The van der Waals surface area contributed by atoms with E-state index in [9.17, 15) is 9.18 Å². The van der Waals surface area contributed by atoms with E-state index in [0.717, 1.165) is 4.47 Å². The molecule has 0 spiro atoms. The summed E-state index contributed by atoms with van der Waals surface area (Å²) in [6.07, 6.45) is 0. The molecule has 0 radical (unpaired) electrons. The second kappa shape index (κ2) is 6.26. The molecule has 0 saturated heterocycles. The lowest BCUT2D eigenvalue weighted by molar-refractivity contribution is -0.128. The van der Waals surface area contributed by atoms with Gasteiger partial charge in [0.05, 0.1) is 0 Å². The molecular formula is C16H15BrFNO2. The first-order chi connectivity index (χ1) is 9.87. The highest BCUT2D eigenvalue weighted by atomic mass is 79.9. The maximum atomic E-state index is 12.8. The fraction of sp³-hybridized carbons (Fsp3) is 0.188. The van der Waals surface area contributed by atoms with Crippen LogP contribution in [0.15, 0.2) is 53.0 Å². The number of hydrogen-bond donors (Lipinski definition) is 1. The Balaban J connectivity index is 2.05. The van der Waals surface area contributed by atoms with Gasteiger partial charge in [0.15, 0.2) is 5.60 Å². The van der Waals surface area contributed by atoms with Crippen molar-refractivity contribution < 1.29 is 13.9 Å². The van der Waals surface area contributed by atoms with Gasteiger partial charge in [0.2, 0.25) is 0 Å². The lowest BCUT2D eigenvalue weighted by Crippen LogP contribution is -2.42. The number of hydrogen-bond acceptors (Lipinski definition) is 2. The third-order valence-electron chi connectivity index (χ3n) is 2.84. The molecule has 2 rings (SSSR count). The molecular weight excluding hydrogens is 337 g/mol. The number of nitrogens with one attached hydrogen (secondary N) is 1. The molecule has 0 aliphatic rings. The Kier molecular flexibility index (Phi) is 4.63. The monoisotopic (exact) mass is 351 g/mol. The van der Waals surface area contributed by atoms with Gasteiger partial charge in [0.25, 0.3) is 5.91 Å². The summed E-state index contributed by atoms with van der Waals surface area (Å²) in [5, 5.41) is 2.70. The van der Waals surface area contributed by atoms with E-state index in [1.54, 1.807) is 26.0 Å². The van der Waals surface area contributed by atoms with E-state index in [1.165, 1.54) is 24.3 Å². The number of rotatable bonds is 4. The first-order valence-electron chi connectivity index (χ1n) is 6.38. The first-order valence-corrected chi connectivity index (χ1v) is 7.18. The fourth-order valence-electron chi connectivity index (χ4n) is 1.66. The molecule has 1 N–H and O–H groups in total. The van der Waals surface area contributed by atoms with E-state index in [2.05, 4.69) is 21.2 Å². The predicted octanol–water partition coefficient (Wildman–Crippen LogP) is 4.38. The SMILES string of the molecule is CC(C)(Oc1ccc(Br)cc1)C(=O)Nc1ccc(F)cc1. The van der Waals surface area contributed by atoms with Gasteiger partial charge in [-0.3, -0.25) is 4.79 Å². The van der Waals surface area contributed by atoms with Crippen LogP contribution < -0.4 is 10.1 Å². The number of benzene rings is 2. The third-order valence-corrected chi connectivity index (χ3v) is 3.36. The summed E-state index contributed by atoms with van der Waals surface area (Å²) < 4.78 is 19.5. The number of ether oxygens (including phenoxy) is 1. The van der Waals surface area contributed by atoms with E-state index < -0.39 is 5.60 Å². The minimum Gasteiger partial charge on any atom is -0.478 e. The second-order valence-corrected chi connectivity index (χ2v) is 5.94. The minimum atomic E-state index is -1.05. The highest BCUT2D eigenvalue weighted by Crippen LogP contribution is 2.22. The molecule has 21 heavy (non-hydrogen) atoms. The van der Waals surface area contributed by atoms with E-state index in [0.29, 0.717) is 11.4 Å². The van der Waals surface area contributed by atoms with Crippen molar-refractivity contribution in [1.29, 1.82) is 0 Å². The molecule has 0 aliphatic heterocycles. The van der Waals surface area contributed by atoms with Crippen LogP contribution in [0, 0.1) is 5.82 Å². The molecule has 0 aromatic heterocycles. The van der Waals surface area contributed by atoms with Crippen molar-refractivity contribution in [2.24, 2.45) is 0 Å². The van der Waals surface area contributed by atoms with Crippen molar-refractivity contribution in [3.63, 3.8) is 0 Å². The van der Waals surface area contributed by atoms with Gasteiger partial charge in [-0.1, -0.05) is 15.9 Å². The van der Waals surface area contributed by atoms with Crippen LogP contribution in [0.4, 0.5) is 10.1 Å². The van der Waals surface area contributed by atoms with Crippen molar-refractivity contribution in [2.75, 3.05) is 5.32 Å². The van der Waals surface area contributed by atoms with Crippen LogP contribution >= 0.6 is 15.9 Å². The van der Waals surface area contributed by atoms with Crippen molar-refractivity contribution in [3.05, 3.63) is 58.8 Å². The fourth-order valence-corrected chi connectivity index (χ4v) is 1.92. The third kappa shape index (κ3) is 4.29.